The van der Waals surface area contributed by atoms with Crippen molar-refractivity contribution in [3.8, 4) is 0 Å². The largest absolute Gasteiger partial charge is 0.469 e. The Labute approximate surface area is 93.6 Å². The molecule has 0 radical (unpaired) electrons. The van der Waals surface area contributed by atoms with E-state index in [9.17, 15) is 18.0 Å². The first kappa shape index (κ1) is 15.2. The van der Waals surface area contributed by atoms with E-state index < -0.39 is 30.7 Å². The van der Waals surface area contributed by atoms with Crippen molar-refractivity contribution in [3.63, 3.8) is 0 Å². The number of carbonyl (C=O) groups is 1. The summed E-state index contributed by atoms with van der Waals surface area (Å²) in [5.41, 5.74) is 0. The first-order valence-corrected chi connectivity index (χ1v) is 5.11. The molecule has 0 aromatic carbocycles. The van der Waals surface area contributed by atoms with Gasteiger partial charge in [-0.05, 0) is 13.5 Å². The number of hydrogen-bond acceptors (Lipinski definition) is 3. The number of alkyl halides is 3. The van der Waals surface area contributed by atoms with Crippen LogP contribution in [-0.4, -0.2) is 43.3 Å². The summed E-state index contributed by atoms with van der Waals surface area (Å²) >= 11 is 0. The zero-order valence-electron chi connectivity index (χ0n) is 9.97. The smallest absolute Gasteiger partial charge is 0.401 e. The summed E-state index contributed by atoms with van der Waals surface area (Å²) in [5, 5.41) is 0. The van der Waals surface area contributed by atoms with Crippen molar-refractivity contribution in [2.75, 3.05) is 20.2 Å². The molecular weight excluding hydrogens is 223 g/mol. The summed E-state index contributed by atoms with van der Waals surface area (Å²) in [7, 11) is 1.23. The predicted molar refractivity (Wildman–Crippen MR) is 53.9 cm³/mol. The Bertz CT molecular complexity index is 231. The summed E-state index contributed by atoms with van der Waals surface area (Å²) in [5.74, 6) is -1.07. The maximum atomic E-state index is 12.2. The Morgan fingerprint density at radius 2 is 1.88 bits per heavy atom. The van der Waals surface area contributed by atoms with E-state index in [-0.39, 0.29) is 6.54 Å². The van der Waals surface area contributed by atoms with Gasteiger partial charge in [-0.2, -0.15) is 13.2 Å². The van der Waals surface area contributed by atoms with E-state index in [1.165, 1.54) is 12.0 Å². The number of methoxy groups -OCH3 is 1. The summed E-state index contributed by atoms with van der Waals surface area (Å²) in [4.78, 5) is 12.4. The van der Waals surface area contributed by atoms with Crippen LogP contribution in [0, 0.1) is 5.92 Å². The SMILES string of the molecule is CCN(CC(F)(F)F)C(C)C(C)C(=O)OC. The van der Waals surface area contributed by atoms with Crippen molar-refractivity contribution in [1.82, 2.24) is 4.90 Å². The third-order valence-electron chi connectivity index (χ3n) is 2.66. The molecule has 6 heteroatoms. The van der Waals surface area contributed by atoms with Crippen LogP contribution in [0.15, 0.2) is 0 Å². The second-order valence-electron chi connectivity index (χ2n) is 3.73. The lowest BCUT2D eigenvalue weighted by Gasteiger charge is -2.31. The first-order valence-electron chi connectivity index (χ1n) is 5.11. The topological polar surface area (TPSA) is 29.5 Å². The zero-order valence-corrected chi connectivity index (χ0v) is 9.97. The van der Waals surface area contributed by atoms with E-state index in [1.54, 1.807) is 20.8 Å². The minimum Gasteiger partial charge on any atom is -0.469 e. The second kappa shape index (κ2) is 6.08. The van der Waals surface area contributed by atoms with Crippen molar-refractivity contribution >= 4 is 5.97 Å². The predicted octanol–water partition coefficient (Wildman–Crippen LogP) is 2.07. The molecule has 0 spiro atoms. The summed E-state index contributed by atoms with van der Waals surface area (Å²) in [6.45, 7) is 4.02. The number of ether oxygens (including phenoxy) is 1. The molecule has 0 aliphatic rings. The molecule has 3 nitrogen and oxygen atoms in total. The molecule has 0 aliphatic carbocycles. The molecule has 0 fully saturated rings. The van der Waals surface area contributed by atoms with Gasteiger partial charge in [0.1, 0.15) is 0 Å². The highest BCUT2D eigenvalue weighted by Crippen LogP contribution is 2.20. The van der Waals surface area contributed by atoms with Gasteiger partial charge in [0.15, 0.2) is 0 Å². The van der Waals surface area contributed by atoms with Gasteiger partial charge >= 0.3 is 12.1 Å². The lowest BCUT2D eigenvalue weighted by Crippen LogP contribution is -2.45. The normalized spacial score (nSPS) is 16.0. The van der Waals surface area contributed by atoms with E-state index in [2.05, 4.69) is 4.74 Å². The van der Waals surface area contributed by atoms with Gasteiger partial charge in [-0.3, -0.25) is 9.69 Å². The second-order valence-corrected chi connectivity index (χ2v) is 3.73. The van der Waals surface area contributed by atoms with Gasteiger partial charge in [0.05, 0.1) is 19.6 Å². The van der Waals surface area contributed by atoms with Crippen LogP contribution in [0.4, 0.5) is 13.2 Å². The first-order chi connectivity index (χ1) is 7.22. The fourth-order valence-corrected chi connectivity index (χ4v) is 1.47. The van der Waals surface area contributed by atoms with Crippen LogP contribution in [0.1, 0.15) is 20.8 Å². The maximum Gasteiger partial charge on any atom is 0.401 e. The molecule has 0 heterocycles. The van der Waals surface area contributed by atoms with Gasteiger partial charge in [0.25, 0.3) is 0 Å². The average molecular weight is 241 g/mol. The van der Waals surface area contributed by atoms with Crippen LogP contribution in [0.25, 0.3) is 0 Å². The molecular formula is C10H18F3NO2. The molecule has 2 unspecified atom stereocenters. The van der Waals surface area contributed by atoms with Crippen molar-refractivity contribution < 1.29 is 22.7 Å². The highest BCUT2D eigenvalue weighted by atomic mass is 19.4. The van der Waals surface area contributed by atoms with Gasteiger partial charge < -0.3 is 4.74 Å². The molecule has 0 aromatic rings. The van der Waals surface area contributed by atoms with E-state index in [0.29, 0.717) is 0 Å². The average Bonchev–Trinajstić information content (AvgIpc) is 2.21. The van der Waals surface area contributed by atoms with Crippen LogP contribution >= 0.6 is 0 Å². The highest BCUT2D eigenvalue weighted by molar-refractivity contribution is 5.72. The van der Waals surface area contributed by atoms with Crippen LogP contribution in [0.2, 0.25) is 0 Å². The Morgan fingerprint density at radius 3 is 2.19 bits per heavy atom. The van der Waals surface area contributed by atoms with Crippen molar-refractivity contribution in [1.29, 1.82) is 0 Å². The third-order valence-corrected chi connectivity index (χ3v) is 2.66. The fraction of sp³-hybridized carbons (Fsp3) is 0.900. The lowest BCUT2D eigenvalue weighted by molar-refractivity contribution is -0.159. The standard InChI is InChI=1S/C10H18F3NO2/c1-5-14(6-10(11,12)13)8(3)7(2)9(15)16-4/h7-8H,5-6H2,1-4H3. The third kappa shape index (κ3) is 4.83. The number of esters is 1. The van der Waals surface area contributed by atoms with Crippen LogP contribution in [0.3, 0.4) is 0 Å². The Morgan fingerprint density at radius 1 is 1.38 bits per heavy atom. The Hall–Kier alpha value is -0.780. The van der Waals surface area contributed by atoms with Gasteiger partial charge in [-0.15, -0.1) is 0 Å². The highest BCUT2D eigenvalue weighted by Gasteiger charge is 2.35. The number of nitrogens with zero attached hydrogens (tertiary/aromatic N) is 1. The van der Waals surface area contributed by atoms with E-state index >= 15 is 0 Å². The quantitative estimate of drug-likeness (QED) is 0.690. The van der Waals surface area contributed by atoms with Gasteiger partial charge in [0.2, 0.25) is 0 Å². The van der Waals surface area contributed by atoms with Crippen LogP contribution in [-0.2, 0) is 9.53 Å². The fourth-order valence-electron chi connectivity index (χ4n) is 1.47. The number of halogens is 3. The van der Waals surface area contributed by atoms with Crippen LogP contribution in [0.5, 0.6) is 0 Å². The summed E-state index contributed by atoms with van der Waals surface area (Å²) in [6, 6.07) is -0.501. The van der Waals surface area contributed by atoms with Gasteiger partial charge in [0, 0.05) is 6.04 Å². The molecule has 0 saturated carbocycles. The van der Waals surface area contributed by atoms with E-state index in [0.717, 1.165) is 0 Å². The lowest BCUT2D eigenvalue weighted by atomic mass is 10.0. The molecule has 0 aromatic heterocycles. The molecule has 0 aliphatic heterocycles. The van der Waals surface area contributed by atoms with E-state index in [1.807, 2.05) is 0 Å². The van der Waals surface area contributed by atoms with E-state index in [4.69, 9.17) is 0 Å². The Balaban J connectivity index is 4.52. The molecule has 0 rings (SSSR count). The zero-order chi connectivity index (χ0) is 12.9. The summed E-state index contributed by atoms with van der Waals surface area (Å²) < 4.78 is 41.2. The maximum absolute atomic E-state index is 12.2. The molecule has 96 valence electrons. The van der Waals surface area contributed by atoms with Crippen LogP contribution < -0.4 is 0 Å². The van der Waals surface area contributed by atoms with Crippen molar-refractivity contribution in [2.24, 2.45) is 5.92 Å². The minimum atomic E-state index is -4.25. The monoisotopic (exact) mass is 241 g/mol. The molecule has 0 saturated heterocycles. The molecule has 16 heavy (non-hydrogen) atoms. The molecule has 0 bridgehead atoms. The minimum absolute atomic E-state index is 0.238. The van der Waals surface area contributed by atoms with Gasteiger partial charge in [-0.25, -0.2) is 0 Å². The Kier molecular flexibility index (Phi) is 5.78. The number of carbonyl (C=O) groups excluding carboxylic acids is 1. The molecule has 0 amide bonds. The molecule has 2 atom stereocenters. The van der Waals surface area contributed by atoms with Gasteiger partial charge in [-0.1, -0.05) is 13.8 Å². The molecule has 0 N–H and O–H groups in total. The van der Waals surface area contributed by atoms with Crippen molar-refractivity contribution in [3.05, 3.63) is 0 Å². The summed E-state index contributed by atoms with van der Waals surface area (Å²) in [6.07, 6.45) is -4.25. The number of rotatable bonds is 5. The number of hydrogen-bond donors (Lipinski definition) is 0. The van der Waals surface area contributed by atoms with Crippen molar-refractivity contribution in [2.45, 2.75) is 33.0 Å².